The van der Waals surface area contributed by atoms with E-state index >= 15 is 0 Å². The second-order valence-electron chi connectivity index (χ2n) is 5.69. The fraction of sp³-hybridized carbons (Fsp3) is 0.600. The lowest BCUT2D eigenvalue weighted by Gasteiger charge is -2.22. The maximum absolute atomic E-state index is 12.6. The summed E-state index contributed by atoms with van der Waals surface area (Å²) in [7, 11) is 1.81. The quantitative estimate of drug-likeness (QED) is 0.890. The lowest BCUT2D eigenvalue weighted by Crippen LogP contribution is -2.38. The van der Waals surface area contributed by atoms with Crippen molar-refractivity contribution in [1.29, 1.82) is 0 Å². The van der Waals surface area contributed by atoms with Crippen LogP contribution in [0.1, 0.15) is 51.5 Å². The van der Waals surface area contributed by atoms with Gasteiger partial charge in [0.1, 0.15) is 5.76 Å². The van der Waals surface area contributed by atoms with Gasteiger partial charge in [0.05, 0.1) is 5.56 Å². The number of fused-ring (bicyclic) bond motifs is 1. The predicted molar refractivity (Wildman–Crippen MR) is 74.1 cm³/mol. The van der Waals surface area contributed by atoms with E-state index in [9.17, 15) is 9.59 Å². The molecule has 1 N–H and O–H groups in total. The molecule has 0 aromatic carbocycles. The summed E-state index contributed by atoms with van der Waals surface area (Å²) in [5.74, 6) is 1.04. The minimum atomic E-state index is -0.113. The summed E-state index contributed by atoms with van der Waals surface area (Å²) in [6.45, 7) is 3.58. The monoisotopic (exact) mass is 276 g/mol. The Morgan fingerprint density at radius 3 is 2.85 bits per heavy atom. The van der Waals surface area contributed by atoms with E-state index in [-0.39, 0.29) is 17.7 Å². The highest BCUT2D eigenvalue weighted by Gasteiger charge is 2.32. The zero-order valence-electron chi connectivity index (χ0n) is 12.0. The van der Waals surface area contributed by atoms with Crippen LogP contribution in [0.5, 0.6) is 0 Å². The van der Waals surface area contributed by atoms with Crippen LogP contribution < -0.4 is 5.32 Å². The number of nitrogens with zero attached hydrogens (tertiary/aromatic N) is 1. The third-order valence-corrected chi connectivity index (χ3v) is 4.40. The SMILES string of the molecule is Cc1c(C(=O)N(C)C2CCNC2)oc2c1C(=O)CCC2. The van der Waals surface area contributed by atoms with Crippen LogP contribution in [0.4, 0.5) is 0 Å². The Morgan fingerprint density at radius 1 is 1.40 bits per heavy atom. The van der Waals surface area contributed by atoms with Crippen molar-refractivity contribution in [2.24, 2.45) is 0 Å². The van der Waals surface area contributed by atoms with Crippen molar-refractivity contribution in [2.75, 3.05) is 20.1 Å². The smallest absolute Gasteiger partial charge is 0.289 e. The van der Waals surface area contributed by atoms with Crippen molar-refractivity contribution in [3.05, 3.63) is 22.6 Å². The minimum Gasteiger partial charge on any atom is -0.455 e. The van der Waals surface area contributed by atoms with Crippen molar-refractivity contribution >= 4 is 11.7 Å². The van der Waals surface area contributed by atoms with Gasteiger partial charge in [0.25, 0.3) is 5.91 Å². The summed E-state index contributed by atoms with van der Waals surface area (Å²) in [5.41, 5.74) is 1.37. The van der Waals surface area contributed by atoms with E-state index in [1.807, 2.05) is 14.0 Å². The summed E-state index contributed by atoms with van der Waals surface area (Å²) in [5, 5.41) is 3.25. The molecular formula is C15H20N2O3. The Balaban J connectivity index is 1.90. The molecule has 1 aliphatic carbocycles. The maximum Gasteiger partial charge on any atom is 0.289 e. The van der Waals surface area contributed by atoms with Gasteiger partial charge < -0.3 is 14.6 Å². The number of carbonyl (C=O) groups is 2. The molecule has 1 unspecified atom stereocenters. The van der Waals surface area contributed by atoms with Crippen LogP contribution in [0.3, 0.4) is 0 Å². The van der Waals surface area contributed by atoms with Gasteiger partial charge >= 0.3 is 0 Å². The minimum absolute atomic E-state index is 0.108. The number of amides is 1. The molecule has 5 nitrogen and oxygen atoms in total. The summed E-state index contributed by atoms with van der Waals surface area (Å²) in [6, 6.07) is 0.208. The molecule has 2 aliphatic rings. The van der Waals surface area contributed by atoms with Crippen LogP contribution in [-0.2, 0) is 6.42 Å². The van der Waals surface area contributed by atoms with E-state index in [2.05, 4.69) is 5.32 Å². The van der Waals surface area contributed by atoms with Gasteiger partial charge in [-0.2, -0.15) is 0 Å². The molecule has 1 amide bonds. The van der Waals surface area contributed by atoms with Crippen LogP contribution in [-0.4, -0.2) is 42.8 Å². The molecule has 0 bridgehead atoms. The molecule has 3 rings (SSSR count). The van der Waals surface area contributed by atoms with Gasteiger partial charge in [-0.05, 0) is 26.3 Å². The number of furan rings is 1. The number of rotatable bonds is 2. The number of hydrogen-bond donors (Lipinski definition) is 1. The molecule has 0 spiro atoms. The number of hydrogen-bond acceptors (Lipinski definition) is 4. The number of aryl methyl sites for hydroxylation is 1. The Morgan fingerprint density at radius 2 is 2.20 bits per heavy atom. The first kappa shape index (κ1) is 13.4. The topological polar surface area (TPSA) is 62.6 Å². The predicted octanol–water partition coefficient (Wildman–Crippen LogP) is 1.54. The first-order chi connectivity index (χ1) is 9.59. The molecule has 1 fully saturated rings. The number of ketones is 1. The molecule has 1 aromatic rings. The third kappa shape index (κ3) is 2.06. The lowest BCUT2D eigenvalue weighted by molar-refractivity contribution is 0.0708. The standard InChI is InChI=1S/C15H20N2O3/c1-9-13-11(18)4-3-5-12(13)20-14(9)15(19)17(2)10-6-7-16-8-10/h10,16H,3-8H2,1-2H3. The number of nitrogens with one attached hydrogen (secondary N) is 1. The summed E-state index contributed by atoms with van der Waals surface area (Å²) < 4.78 is 5.72. The normalized spacial score (nSPS) is 21.9. The van der Waals surface area contributed by atoms with Gasteiger partial charge in [-0.15, -0.1) is 0 Å². The highest BCUT2D eigenvalue weighted by Crippen LogP contribution is 2.30. The van der Waals surface area contributed by atoms with Crippen LogP contribution in [0.15, 0.2) is 4.42 Å². The first-order valence-electron chi connectivity index (χ1n) is 7.23. The Hall–Kier alpha value is -1.62. The average molecular weight is 276 g/mol. The second-order valence-corrected chi connectivity index (χ2v) is 5.69. The molecule has 108 valence electrons. The summed E-state index contributed by atoms with van der Waals surface area (Å²) in [4.78, 5) is 26.3. The first-order valence-corrected chi connectivity index (χ1v) is 7.23. The number of Topliss-reactive ketones (excluding diaryl/α,β-unsaturated/α-hetero) is 1. The van der Waals surface area contributed by atoms with Gasteiger partial charge in [-0.25, -0.2) is 0 Å². The van der Waals surface area contributed by atoms with Crippen LogP contribution in [0.2, 0.25) is 0 Å². The molecule has 0 saturated carbocycles. The van der Waals surface area contributed by atoms with Crippen molar-refractivity contribution in [1.82, 2.24) is 10.2 Å². The van der Waals surface area contributed by atoms with E-state index < -0.39 is 0 Å². The third-order valence-electron chi connectivity index (χ3n) is 4.40. The fourth-order valence-electron chi connectivity index (χ4n) is 3.15. The van der Waals surface area contributed by atoms with Gasteiger partial charge in [-0.1, -0.05) is 0 Å². The van der Waals surface area contributed by atoms with Crippen molar-refractivity contribution in [3.8, 4) is 0 Å². The lowest BCUT2D eigenvalue weighted by atomic mass is 9.94. The van der Waals surface area contributed by atoms with Crippen LogP contribution in [0, 0.1) is 6.92 Å². The zero-order valence-corrected chi connectivity index (χ0v) is 12.0. The Kier molecular flexibility index (Phi) is 3.38. The fourth-order valence-corrected chi connectivity index (χ4v) is 3.15. The maximum atomic E-state index is 12.6. The second kappa shape index (κ2) is 5.05. The number of likely N-dealkylation sites (N-methyl/N-ethyl adjacent to an activating group) is 1. The molecule has 1 atom stereocenters. The molecule has 20 heavy (non-hydrogen) atoms. The van der Waals surface area contributed by atoms with Gasteiger partial charge in [-0.3, -0.25) is 9.59 Å². The van der Waals surface area contributed by atoms with Crippen LogP contribution in [0.25, 0.3) is 0 Å². The molecule has 0 radical (unpaired) electrons. The van der Waals surface area contributed by atoms with Gasteiger partial charge in [0.2, 0.25) is 0 Å². The van der Waals surface area contributed by atoms with E-state index in [0.29, 0.717) is 29.1 Å². The van der Waals surface area contributed by atoms with Gasteiger partial charge in [0, 0.05) is 38.0 Å². The van der Waals surface area contributed by atoms with E-state index in [4.69, 9.17) is 4.42 Å². The van der Waals surface area contributed by atoms with Gasteiger partial charge in [0.15, 0.2) is 11.5 Å². The summed E-state index contributed by atoms with van der Waals surface area (Å²) in [6.07, 6.45) is 3.09. The highest BCUT2D eigenvalue weighted by atomic mass is 16.4. The highest BCUT2D eigenvalue weighted by molar-refractivity contribution is 6.03. The van der Waals surface area contributed by atoms with E-state index in [0.717, 1.165) is 32.4 Å². The largest absolute Gasteiger partial charge is 0.455 e. The molecule has 2 heterocycles. The van der Waals surface area contributed by atoms with E-state index in [1.165, 1.54) is 0 Å². The zero-order chi connectivity index (χ0) is 14.3. The molecule has 1 aliphatic heterocycles. The van der Waals surface area contributed by atoms with E-state index in [1.54, 1.807) is 4.90 Å². The molecule has 1 saturated heterocycles. The average Bonchev–Trinajstić information content (AvgIpc) is 3.06. The van der Waals surface area contributed by atoms with Crippen molar-refractivity contribution in [2.45, 2.75) is 38.6 Å². The number of carbonyl (C=O) groups excluding carboxylic acids is 2. The summed E-state index contributed by atoms with van der Waals surface area (Å²) >= 11 is 0. The van der Waals surface area contributed by atoms with Crippen molar-refractivity contribution < 1.29 is 14.0 Å². The molecular weight excluding hydrogens is 256 g/mol. The molecule has 5 heteroatoms. The molecule has 1 aromatic heterocycles. The van der Waals surface area contributed by atoms with Crippen LogP contribution >= 0.6 is 0 Å². The van der Waals surface area contributed by atoms with Crippen molar-refractivity contribution in [3.63, 3.8) is 0 Å². The Labute approximate surface area is 118 Å². The Bertz CT molecular complexity index is 556.